The second-order valence-corrected chi connectivity index (χ2v) is 8.04. The Bertz CT molecular complexity index is 442. The quantitative estimate of drug-likeness (QED) is 0.708. The van der Waals surface area contributed by atoms with E-state index in [9.17, 15) is 9.59 Å². The topological polar surface area (TPSA) is 79.3 Å². The molecule has 0 aliphatic heterocycles. The Hall–Kier alpha value is -1.34. The maximum absolute atomic E-state index is 12.1. The molecular weight excluding hydrogens is 336 g/mol. The van der Waals surface area contributed by atoms with E-state index < -0.39 is 5.60 Å². The second kappa shape index (κ2) is 10.7. The number of hydrogen-bond donors (Lipinski definition) is 1. The lowest BCUT2D eigenvalue weighted by atomic mass is 9.92. The van der Waals surface area contributed by atoms with E-state index in [1.54, 1.807) is 23.9 Å². The number of aliphatic hydroxyl groups excluding tert-OH is 1. The molecule has 0 aromatic heterocycles. The van der Waals surface area contributed by atoms with Crippen LogP contribution < -0.4 is 0 Å². The predicted octanol–water partition coefficient (Wildman–Crippen LogP) is 2.41. The van der Waals surface area contributed by atoms with Crippen LogP contribution >= 0.6 is 0 Å². The zero-order valence-electron chi connectivity index (χ0n) is 17.0. The number of aliphatic hydroxyl groups is 1. The average molecular weight is 373 g/mol. The summed E-state index contributed by atoms with van der Waals surface area (Å²) >= 11 is 0. The number of hydrogen-bond acceptors (Lipinski definition) is 5. The van der Waals surface area contributed by atoms with Crippen molar-refractivity contribution in [2.24, 2.45) is 0 Å². The van der Waals surface area contributed by atoms with Gasteiger partial charge in [-0.2, -0.15) is 0 Å². The van der Waals surface area contributed by atoms with Gasteiger partial charge in [-0.3, -0.25) is 4.79 Å². The molecule has 0 unspecified atom stereocenters. The number of amides is 2. The Balaban J connectivity index is 2.25. The normalized spacial score (nSPS) is 20.5. The third kappa shape index (κ3) is 8.36. The first-order valence-electron chi connectivity index (χ1n) is 9.56. The number of carbonyl (C=O) groups is 2. The van der Waals surface area contributed by atoms with Gasteiger partial charge >= 0.3 is 6.09 Å². The van der Waals surface area contributed by atoms with E-state index in [-0.39, 0.29) is 30.8 Å². The largest absolute Gasteiger partial charge is 0.444 e. The lowest BCUT2D eigenvalue weighted by molar-refractivity contribution is -0.131. The van der Waals surface area contributed by atoms with Gasteiger partial charge in [0.2, 0.25) is 5.91 Å². The minimum Gasteiger partial charge on any atom is -0.444 e. The van der Waals surface area contributed by atoms with Gasteiger partial charge in [-0.15, -0.1) is 0 Å². The first-order valence-corrected chi connectivity index (χ1v) is 9.56. The second-order valence-electron chi connectivity index (χ2n) is 8.04. The molecular formula is C19H36N2O5. The van der Waals surface area contributed by atoms with Crippen molar-refractivity contribution in [2.45, 2.75) is 77.0 Å². The first kappa shape index (κ1) is 22.7. The molecule has 2 amide bonds. The van der Waals surface area contributed by atoms with E-state index in [0.717, 1.165) is 25.7 Å². The summed E-state index contributed by atoms with van der Waals surface area (Å²) < 4.78 is 11.3. The number of rotatable bonds is 8. The Labute approximate surface area is 157 Å². The minimum absolute atomic E-state index is 0.0387. The lowest BCUT2D eigenvalue weighted by Gasteiger charge is -2.35. The summed E-state index contributed by atoms with van der Waals surface area (Å²) in [6, 6.07) is 0.177. The maximum Gasteiger partial charge on any atom is 0.410 e. The van der Waals surface area contributed by atoms with E-state index >= 15 is 0 Å². The monoisotopic (exact) mass is 372 g/mol. The molecule has 1 rings (SSSR count). The summed E-state index contributed by atoms with van der Waals surface area (Å²) in [5.74, 6) is 0.0387. The summed E-state index contributed by atoms with van der Waals surface area (Å²) in [5, 5.41) is 8.80. The van der Waals surface area contributed by atoms with Crippen LogP contribution in [-0.2, 0) is 14.3 Å². The van der Waals surface area contributed by atoms with E-state index in [0.29, 0.717) is 26.0 Å². The molecule has 0 atom stereocenters. The average Bonchev–Trinajstić information content (AvgIpc) is 2.58. The lowest BCUT2D eigenvalue weighted by Crippen LogP contribution is -2.43. The van der Waals surface area contributed by atoms with Crippen molar-refractivity contribution in [1.29, 1.82) is 0 Å². The van der Waals surface area contributed by atoms with Crippen molar-refractivity contribution >= 4 is 12.0 Å². The van der Waals surface area contributed by atoms with Gasteiger partial charge < -0.3 is 24.4 Å². The Morgan fingerprint density at radius 3 is 2.27 bits per heavy atom. The van der Waals surface area contributed by atoms with E-state index in [2.05, 4.69) is 0 Å². The van der Waals surface area contributed by atoms with Crippen molar-refractivity contribution in [2.75, 3.05) is 33.9 Å². The van der Waals surface area contributed by atoms with Crippen LogP contribution in [0.4, 0.5) is 4.79 Å². The van der Waals surface area contributed by atoms with Gasteiger partial charge in [-0.25, -0.2) is 4.79 Å². The molecule has 152 valence electrons. The van der Waals surface area contributed by atoms with Crippen molar-refractivity contribution in [3.8, 4) is 0 Å². The molecule has 0 aromatic carbocycles. The van der Waals surface area contributed by atoms with Gasteiger partial charge in [0.05, 0.1) is 19.1 Å². The SMILES string of the molecule is CN(CCCO)C(=O)CCOC1CCC(N(C)C(=O)OC(C)(C)C)CC1. The molecule has 26 heavy (non-hydrogen) atoms. The number of ether oxygens (including phenoxy) is 2. The standard InChI is InChI=1S/C19H36N2O5/c1-19(2,3)26-18(24)21(5)15-7-9-16(10-8-15)25-14-11-17(23)20(4)12-6-13-22/h15-16,22H,6-14H2,1-5H3. The zero-order chi connectivity index (χ0) is 19.7. The minimum atomic E-state index is -0.484. The van der Waals surface area contributed by atoms with Crippen LogP contribution in [0.15, 0.2) is 0 Å². The highest BCUT2D eigenvalue weighted by Gasteiger charge is 2.29. The Morgan fingerprint density at radius 2 is 1.73 bits per heavy atom. The third-order valence-corrected chi connectivity index (χ3v) is 4.62. The highest BCUT2D eigenvalue weighted by molar-refractivity contribution is 5.75. The van der Waals surface area contributed by atoms with Crippen molar-refractivity contribution < 1.29 is 24.2 Å². The number of carbonyl (C=O) groups excluding carboxylic acids is 2. The Morgan fingerprint density at radius 1 is 1.12 bits per heavy atom. The molecule has 1 aliphatic rings. The Kier molecular flexibility index (Phi) is 9.36. The molecule has 1 saturated carbocycles. The molecule has 0 heterocycles. The van der Waals surface area contributed by atoms with Gasteiger partial charge in [0.25, 0.3) is 0 Å². The van der Waals surface area contributed by atoms with Crippen LogP contribution in [-0.4, -0.2) is 78.5 Å². The third-order valence-electron chi connectivity index (χ3n) is 4.62. The van der Waals surface area contributed by atoms with Crippen LogP contribution in [0.1, 0.15) is 59.3 Å². The molecule has 0 spiro atoms. The maximum atomic E-state index is 12.1. The summed E-state index contributed by atoms with van der Waals surface area (Å²) in [6.45, 7) is 6.68. The smallest absolute Gasteiger partial charge is 0.410 e. The fourth-order valence-corrected chi connectivity index (χ4v) is 3.02. The zero-order valence-corrected chi connectivity index (χ0v) is 17.0. The molecule has 0 aromatic rings. The molecule has 1 N–H and O–H groups in total. The molecule has 1 aliphatic carbocycles. The van der Waals surface area contributed by atoms with Crippen molar-refractivity contribution in [3.05, 3.63) is 0 Å². The first-order chi connectivity index (χ1) is 12.1. The van der Waals surface area contributed by atoms with Crippen molar-refractivity contribution in [3.63, 3.8) is 0 Å². The van der Waals surface area contributed by atoms with E-state index in [1.807, 2.05) is 20.8 Å². The van der Waals surface area contributed by atoms with Crippen molar-refractivity contribution in [1.82, 2.24) is 9.80 Å². The molecule has 0 radical (unpaired) electrons. The summed E-state index contributed by atoms with van der Waals surface area (Å²) in [6.07, 6.45) is 4.35. The van der Waals surface area contributed by atoms with Gasteiger partial charge in [-0.05, 0) is 52.9 Å². The highest BCUT2D eigenvalue weighted by atomic mass is 16.6. The van der Waals surface area contributed by atoms with Gasteiger partial charge in [0, 0.05) is 33.3 Å². The van der Waals surface area contributed by atoms with Gasteiger partial charge in [0.15, 0.2) is 0 Å². The highest BCUT2D eigenvalue weighted by Crippen LogP contribution is 2.25. The van der Waals surface area contributed by atoms with Crippen LogP contribution in [0.5, 0.6) is 0 Å². The van der Waals surface area contributed by atoms with E-state index in [1.165, 1.54) is 0 Å². The summed E-state index contributed by atoms with van der Waals surface area (Å²) in [7, 11) is 3.54. The molecule has 7 nitrogen and oxygen atoms in total. The molecule has 0 saturated heterocycles. The van der Waals surface area contributed by atoms with Crippen LogP contribution in [0.25, 0.3) is 0 Å². The predicted molar refractivity (Wildman–Crippen MR) is 99.9 cm³/mol. The van der Waals surface area contributed by atoms with Gasteiger partial charge in [0.1, 0.15) is 5.60 Å². The van der Waals surface area contributed by atoms with Crippen LogP contribution in [0.2, 0.25) is 0 Å². The number of nitrogens with zero attached hydrogens (tertiary/aromatic N) is 2. The van der Waals surface area contributed by atoms with Gasteiger partial charge in [-0.1, -0.05) is 0 Å². The summed E-state index contributed by atoms with van der Waals surface area (Å²) in [4.78, 5) is 27.4. The van der Waals surface area contributed by atoms with Crippen LogP contribution in [0.3, 0.4) is 0 Å². The fourth-order valence-electron chi connectivity index (χ4n) is 3.02. The molecule has 7 heteroatoms. The molecule has 0 bridgehead atoms. The van der Waals surface area contributed by atoms with E-state index in [4.69, 9.17) is 14.6 Å². The molecule has 1 fully saturated rings. The summed E-state index contributed by atoms with van der Waals surface area (Å²) in [5.41, 5.74) is -0.484. The van der Waals surface area contributed by atoms with Crippen LogP contribution in [0, 0.1) is 0 Å². The fraction of sp³-hybridized carbons (Fsp3) is 0.895.